The molecule has 7 heteroatoms. The van der Waals surface area contributed by atoms with Crippen LogP contribution >= 0.6 is 0 Å². The maximum atomic E-state index is 13.2. The molecular weight excluding hydrogens is 381 g/mol. The molecule has 1 aliphatic heterocycles. The first-order valence-corrected chi connectivity index (χ1v) is 9.43. The smallest absolute Gasteiger partial charge is 0.352 e. The molecule has 1 saturated heterocycles. The second kappa shape index (κ2) is 8.27. The zero-order chi connectivity index (χ0) is 21.2. The minimum absolute atomic E-state index is 0.0772. The Morgan fingerprint density at radius 2 is 1.90 bits per heavy atom. The molecule has 0 saturated carbocycles. The Bertz CT molecular complexity index is 925. The third kappa shape index (κ3) is 4.96. The highest BCUT2D eigenvalue weighted by molar-refractivity contribution is 5.95. The molecule has 1 heterocycles. The van der Waals surface area contributed by atoms with Crippen LogP contribution in [0.4, 0.5) is 13.2 Å². The molecule has 0 bridgehead atoms. The number of alkyl halides is 3. The van der Waals surface area contributed by atoms with Gasteiger partial charge in [-0.1, -0.05) is 35.9 Å². The van der Waals surface area contributed by atoms with Crippen LogP contribution in [0.5, 0.6) is 0 Å². The van der Waals surface area contributed by atoms with Crippen molar-refractivity contribution in [1.82, 2.24) is 10.2 Å². The lowest BCUT2D eigenvalue weighted by Gasteiger charge is -2.20. The fourth-order valence-corrected chi connectivity index (χ4v) is 3.60. The first-order valence-electron chi connectivity index (χ1n) is 9.43. The van der Waals surface area contributed by atoms with E-state index in [2.05, 4.69) is 5.32 Å². The number of hydrogen-bond donors (Lipinski definition) is 1. The van der Waals surface area contributed by atoms with Crippen molar-refractivity contribution in [3.05, 3.63) is 70.3 Å². The fraction of sp³-hybridized carbons (Fsp3) is 0.364. The van der Waals surface area contributed by atoms with Crippen molar-refractivity contribution in [2.24, 2.45) is 5.92 Å². The zero-order valence-electron chi connectivity index (χ0n) is 16.3. The summed E-state index contributed by atoms with van der Waals surface area (Å²) in [5, 5.41) is 2.85. The van der Waals surface area contributed by atoms with Crippen LogP contribution < -0.4 is 5.32 Å². The summed E-state index contributed by atoms with van der Waals surface area (Å²) in [7, 11) is 0. The monoisotopic (exact) mass is 404 g/mol. The van der Waals surface area contributed by atoms with Crippen LogP contribution in [0.2, 0.25) is 0 Å². The van der Waals surface area contributed by atoms with Crippen LogP contribution in [-0.4, -0.2) is 29.8 Å². The second-order valence-electron chi connectivity index (χ2n) is 7.53. The fourth-order valence-electron chi connectivity index (χ4n) is 3.60. The van der Waals surface area contributed by atoms with Gasteiger partial charge in [-0.05, 0) is 37.1 Å². The van der Waals surface area contributed by atoms with Crippen molar-refractivity contribution in [3.8, 4) is 0 Å². The molecule has 3 rings (SSSR count). The molecule has 1 fully saturated rings. The standard InChI is InChI=1S/C22H23F3N2O2/c1-14-7-8-15(2)18(9-14)21(29)26-11-16-10-20(28)27(12-16)13-17-5-3-4-6-19(17)22(23,24)25/h3-9,16H,10-13H2,1-2H3,(H,26,29). The van der Waals surface area contributed by atoms with Gasteiger partial charge in [0.25, 0.3) is 5.91 Å². The van der Waals surface area contributed by atoms with Crippen LogP contribution in [0.25, 0.3) is 0 Å². The molecule has 1 N–H and O–H groups in total. The predicted octanol–water partition coefficient (Wildman–Crippen LogP) is 4.10. The first-order chi connectivity index (χ1) is 13.6. The number of carbonyl (C=O) groups excluding carboxylic acids is 2. The minimum Gasteiger partial charge on any atom is -0.352 e. The number of hydrogen-bond acceptors (Lipinski definition) is 2. The van der Waals surface area contributed by atoms with Crippen molar-refractivity contribution in [1.29, 1.82) is 0 Å². The quantitative estimate of drug-likeness (QED) is 0.816. The maximum absolute atomic E-state index is 13.2. The third-order valence-electron chi connectivity index (χ3n) is 5.17. The molecule has 0 radical (unpaired) electrons. The Balaban J connectivity index is 1.61. The van der Waals surface area contributed by atoms with E-state index in [0.717, 1.165) is 17.2 Å². The molecule has 154 valence electrons. The van der Waals surface area contributed by atoms with Gasteiger partial charge in [0.15, 0.2) is 0 Å². The number of nitrogens with zero attached hydrogens (tertiary/aromatic N) is 1. The number of likely N-dealkylation sites (tertiary alicyclic amines) is 1. The number of halogens is 3. The van der Waals surface area contributed by atoms with E-state index in [1.807, 2.05) is 32.0 Å². The summed E-state index contributed by atoms with van der Waals surface area (Å²) in [5.41, 5.74) is 1.78. The summed E-state index contributed by atoms with van der Waals surface area (Å²) in [6.45, 7) is 4.29. The molecule has 1 atom stereocenters. The minimum atomic E-state index is -4.46. The van der Waals surface area contributed by atoms with E-state index in [9.17, 15) is 22.8 Å². The van der Waals surface area contributed by atoms with Gasteiger partial charge in [-0.25, -0.2) is 0 Å². The van der Waals surface area contributed by atoms with Crippen molar-refractivity contribution in [2.75, 3.05) is 13.1 Å². The van der Waals surface area contributed by atoms with E-state index in [0.29, 0.717) is 18.7 Å². The van der Waals surface area contributed by atoms with Gasteiger partial charge < -0.3 is 10.2 Å². The second-order valence-corrected chi connectivity index (χ2v) is 7.53. The number of rotatable bonds is 5. The van der Waals surface area contributed by atoms with Crippen molar-refractivity contribution >= 4 is 11.8 Å². The number of aryl methyl sites for hydroxylation is 2. The van der Waals surface area contributed by atoms with Crippen LogP contribution in [-0.2, 0) is 17.5 Å². The van der Waals surface area contributed by atoms with Gasteiger partial charge in [-0.3, -0.25) is 9.59 Å². The highest BCUT2D eigenvalue weighted by Gasteiger charge is 2.35. The topological polar surface area (TPSA) is 49.4 Å². The Hall–Kier alpha value is -2.83. The third-order valence-corrected chi connectivity index (χ3v) is 5.17. The van der Waals surface area contributed by atoms with E-state index in [1.54, 1.807) is 0 Å². The van der Waals surface area contributed by atoms with E-state index in [-0.39, 0.29) is 36.3 Å². The lowest BCUT2D eigenvalue weighted by Crippen LogP contribution is -2.31. The van der Waals surface area contributed by atoms with Gasteiger partial charge in [0, 0.05) is 37.5 Å². The summed E-state index contributed by atoms with van der Waals surface area (Å²) in [6, 6.07) is 10.9. The molecule has 2 aromatic carbocycles. The number of nitrogens with one attached hydrogen (secondary N) is 1. The van der Waals surface area contributed by atoms with Crippen LogP contribution in [0.15, 0.2) is 42.5 Å². The Kier molecular flexibility index (Phi) is 5.96. The average Bonchev–Trinajstić information content (AvgIpc) is 3.01. The Morgan fingerprint density at radius 1 is 1.17 bits per heavy atom. The molecule has 1 unspecified atom stereocenters. The van der Waals surface area contributed by atoms with Crippen LogP contribution in [0, 0.1) is 19.8 Å². The molecule has 1 aliphatic rings. The molecule has 2 aromatic rings. The normalized spacial score (nSPS) is 16.9. The van der Waals surface area contributed by atoms with Gasteiger partial charge in [-0.2, -0.15) is 13.2 Å². The highest BCUT2D eigenvalue weighted by atomic mass is 19.4. The van der Waals surface area contributed by atoms with Crippen molar-refractivity contribution in [3.63, 3.8) is 0 Å². The highest BCUT2D eigenvalue weighted by Crippen LogP contribution is 2.33. The summed E-state index contributed by atoms with van der Waals surface area (Å²) in [5.74, 6) is -0.540. The summed E-state index contributed by atoms with van der Waals surface area (Å²) < 4.78 is 39.5. The van der Waals surface area contributed by atoms with Gasteiger partial charge in [0.2, 0.25) is 5.91 Å². The predicted molar refractivity (Wildman–Crippen MR) is 103 cm³/mol. The van der Waals surface area contributed by atoms with Gasteiger partial charge in [-0.15, -0.1) is 0 Å². The largest absolute Gasteiger partial charge is 0.416 e. The van der Waals surface area contributed by atoms with Gasteiger partial charge in [0.05, 0.1) is 5.56 Å². The number of amides is 2. The molecule has 0 aliphatic carbocycles. The van der Waals surface area contributed by atoms with E-state index < -0.39 is 11.7 Å². The average molecular weight is 404 g/mol. The summed E-state index contributed by atoms with van der Waals surface area (Å²) >= 11 is 0. The van der Waals surface area contributed by atoms with E-state index in [4.69, 9.17) is 0 Å². The van der Waals surface area contributed by atoms with Crippen LogP contribution in [0.1, 0.15) is 39.0 Å². The summed E-state index contributed by atoms with van der Waals surface area (Å²) in [4.78, 5) is 26.2. The molecule has 4 nitrogen and oxygen atoms in total. The first kappa shape index (κ1) is 20.9. The zero-order valence-corrected chi connectivity index (χ0v) is 16.3. The lowest BCUT2D eigenvalue weighted by atomic mass is 10.0. The van der Waals surface area contributed by atoms with Gasteiger partial charge in [0.1, 0.15) is 0 Å². The molecule has 0 aromatic heterocycles. The lowest BCUT2D eigenvalue weighted by molar-refractivity contribution is -0.139. The molecular formula is C22H23F3N2O2. The van der Waals surface area contributed by atoms with E-state index in [1.165, 1.54) is 23.1 Å². The molecule has 29 heavy (non-hydrogen) atoms. The Morgan fingerprint density at radius 3 is 2.62 bits per heavy atom. The summed E-state index contributed by atoms with van der Waals surface area (Å²) in [6.07, 6.45) is -4.25. The van der Waals surface area contributed by atoms with Crippen LogP contribution in [0.3, 0.4) is 0 Å². The maximum Gasteiger partial charge on any atom is 0.416 e. The molecule has 2 amide bonds. The Labute approximate surface area is 167 Å². The van der Waals surface area contributed by atoms with Gasteiger partial charge >= 0.3 is 6.18 Å². The SMILES string of the molecule is Cc1ccc(C)c(C(=O)NCC2CC(=O)N(Cc3ccccc3C(F)(F)F)C2)c1. The number of benzene rings is 2. The van der Waals surface area contributed by atoms with E-state index >= 15 is 0 Å². The van der Waals surface area contributed by atoms with Crippen molar-refractivity contribution < 1.29 is 22.8 Å². The van der Waals surface area contributed by atoms with Crippen molar-refractivity contribution in [2.45, 2.75) is 33.0 Å². The molecule has 0 spiro atoms. The number of carbonyl (C=O) groups is 2.